The third kappa shape index (κ3) is 4.43. The quantitative estimate of drug-likeness (QED) is 0.735. The molecule has 15 heavy (non-hydrogen) atoms. The Labute approximate surface area is 91.7 Å². The Morgan fingerprint density at radius 1 is 1.33 bits per heavy atom. The maximum atomic E-state index is 13.3. The first kappa shape index (κ1) is 12.2. The molecule has 1 nitrogen and oxygen atoms in total. The molecule has 0 radical (unpaired) electrons. The summed E-state index contributed by atoms with van der Waals surface area (Å²) in [6.07, 6.45) is 0.764. The number of rotatable bonds is 5. The fraction of sp³-hybridized carbons (Fsp3) is 0.538. The molecule has 0 fully saturated rings. The Kier molecular flexibility index (Phi) is 4.76. The summed E-state index contributed by atoms with van der Waals surface area (Å²) in [4.78, 5) is 0. The standard InChI is InChI=1S/C13H20FN/c1-10(2)9-15-7-6-12-8-11(3)4-5-13(12)14/h4-5,8,10,15H,6-7,9H2,1-3H3. The summed E-state index contributed by atoms with van der Waals surface area (Å²) in [7, 11) is 0. The Bertz CT molecular complexity index is 307. The zero-order valence-electron chi connectivity index (χ0n) is 9.81. The second-order valence-electron chi connectivity index (χ2n) is 4.44. The minimum atomic E-state index is -0.0908. The predicted molar refractivity (Wildman–Crippen MR) is 62.5 cm³/mol. The van der Waals surface area contributed by atoms with E-state index in [0.29, 0.717) is 5.92 Å². The molecule has 0 saturated heterocycles. The molecule has 0 atom stereocenters. The third-order valence-corrected chi connectivity index (χ3v) is 2.32. The van der Waals surface area contributed by atoms with E-state index in [0.717, 1.165) is 30.6 Å². The summed E-state index contributed by atoms with van der Waals surface area (Å²) >= 11 is 0. The van der Waals surface area contributed by atoms with E-state index in [1.165, 1.54) is 0 Å². The van der Waals surface area contributed by atoms with Crippen LogP contribution in [0, 0.1) is 18.7 Å². The highest BCUT2D eigenvalue weighted by atomic mass is 19.1. The minimum Gasteiger partial charge on any atom is -0.316 e. The molecule has 0 amide bonds. The molecule has 1 rings (SSSR count). The molecule has 0 aliphatic carbocycles. The zero-order valence-corrected chi connectivity index (χ0v) is 9.81. The van der Waals surface area contributed by atoms with Gasteiger partial charge in [0.2, 0.25) is 0 Å². The van der Waals surface area contributed by atoms with E-state index in [1.807, 2.05) is 13.0 Å². The number of benzene rings is 1. The van der Waals surface area contributed by atoms with Gasteiger partial charge < -0.3 is 5.32 Å². The fourth-order valence-corrected chi connectivity index (χ4v) is 1.51. The SMILES string of the molecule is Cc1ccc(F)c(CCNCC(C)C)c1. The van der Waals surface area contributed by atoms with Crippen molar-refractivity contribution in [3.63, 3.8) is 0 Å². The summed E-state index contributed by atoms with van der Waals surface area (Å²) in [6, 6.07) is 5.28. The van der Waals surface area contributed by atoms with Gasteiger partial charge in [-0.25, -0.2) is 4.39 Å². The fourth-order valence-electron chi connectivity index (χ4n) is 1.51. The van der Waals surface area contributed by atoms with Crippen molar-refractivity contribution in [3.05, 3.63) is 35.1 Å². The normalized spacial score (nSPS) is 11.0. The molecule has 2 heteroatoms. The highest BCUT2D eigenvalue weighted by Crippen LogP contribution is 2.10. The molecule has 1 N–H and O–H groups in total. The molecule has 0 aromatic heterocycles. The lowest BCUT2D eigenvalue weighted by molar-refractivity contribution is 0.546. The maximum absolute atomic E-state index is 13.3. The van der Waals surface area contributed by atoms with Gasteiger partial charge in [-0.15, -0.1) is 0 Å². The Morgan fingerprint density at radius 2 is 2.07 bits per heavy atom. The van der Waals surface area contributed by atoms with Crippen molar-refractivity contribution in [1.29, 1.82) is 0 Å². The second-order valence-corrected chi connectivity index (χ2v) is 4.44. The van der Waals surface area contributed by atoms with Crippen LogP contribution in [0.25, 0.3) is 0 Å². The molecule has 0 heterocycles. The highest BCUT2D eigenvalue weighted by Gasteiger charge is 2.01. The lowest BCUT2D eigenvalue weighted by Gasteiger charge is -2.08. The molecule has 0 bridgehead atoms. The van der Waals surface area contributed by atoms with Crippen molar-refractivity contribution < 1.29 is 4.39 Å². The Hall–Kier alpha value is -0.890. The molecule has 0 aliphatic rings. The molecule has 0 spiro atoms. The first-order chi connectivity index (χ1) is 7.09. The molecule has 84 valence electrons. The van der Waals surface area contributed by atoms with Crippen LogP contribution in [0.4, 0.5) is 4.39 Å². The molecule has 1 aromatic rings. The van der Waals surface area contributed by atoms with Crippen LogP contribution in [0.3, 0.4) is 0 Å². The smallest absolute Gasteiger partial charge is 0.126 e. The van der Waals surface area contributed by atoms with E-state index in [-0.39, 0.29) is 5.82 Å². The van der Waals surface area contributed by atoms with E-state index < -0.39 is 0 Å². The lowest BCUT2D eigenvalue weighted by Crippen LogP contribution is -2.22. The highest BCUT2D eigenvalue weighted by molar-refractivity contribution is 5.24. The van der Waals surface area contributed by atoms with Crippen LogP contribution in [0.5, 0.6) is 0 Å². The molecular formula is C13H20FN. The topological polar surface area (TPSA) is 12.0 Å². The van der Waals surface area contributed by atoms with E-state index in [4.69, 9.17) is 0 Å². The van der Waals surface area contributed by atoms with Gasteiger partial charge in [0.25, 0.3) is 0 Å². The average molecular weight is 209 g/mol. The second kappa shape index (κ2) is 5.86. The van der Waals surface area contributed by atoms with Crippen LogP contribution in [0.1, 0.15) is 25.0 Å². The summed E-state index contributed by atoms with van der Waals surface area (Å²) in [5.74, 6) is 0.555. The number of halogens is 1. The van der Waals surface area contributed by atoms with Crippen molar-refractivity contribution in [2.45, 2.75) is 27.2 Å². The summed E-state index contributed by atoms with van der Waals surface area (Å²) in [6.45, 7) is 8.16. The first-order valence-corrected chi connectivity index (χ1v) is 5.55. The zero-order chi connectivity index (χ0) is 11.3. The number of nitrogens with one attached hydrogen (secondary N) is 1. The maximum Gasteiger partial charge on any atom is 0.126 e. The molecule has 1 aromatic carbocycles. The number of aryl methyl sites for hydroxylation is 1. The van der Waals surface area contributed by atoms with E-state index in [1.54, 1.807) is 12.1 Å². The van der Waals surface area contributed by atoms with Gasteiger partial charge in [0.05, 0.1) is 0 Å². The Morgan fingerprint density at radius 3 is 2.73 bits per heavy atom. The number of hydrogen-bond donors (Lipinski definition) is 1. The van der Waals surface area contributed by atoms with Crippen molar-refractivity contribution in [3.8, 4) is 0 Å². The van der Waals surface area contributed by atoms with Gasteiger partial charge in [-0.2, -0.15) is 0 Å². The van der Waals surface area contributed by atoms with E-state index >= 15 is 0 Å². The molecular weight excluding hydrogens is 189 g/mol. The summed E-state index contributed by atoms with van der Waals surface area (Å²) in [5, 5.41) is 3.31. The van der Waals surface area contributed by atoms with Gasteiger partial charge in [0.15, 0.2) is 0 Å². The molecule has 0 aliphatic heterocycles. The van der Waals surface area contributed by atoms with E-state index in [2.05, 4.69) is 19.2 Å². The van der Waals surface area contributed by atoms with Gasteiger partial charge in [-0.1, -0.05) is 31.5 Å². The third-order valence-electron chi connectivity index (χ3n) is 2.32. The lowest BCUT2D eigenvalue weighted by atomic mass is 10.1. The Balaban J connectivity index is 2.40. The van der Waals surface area contributed by atoms with Crippen LogP contribution in [-0.2, 0) is 6.42 Å². The first-order valence-electron chi connectivity index (χ1n) is 5.55. The van der Waals surface area contributed by atoms with Crippen LogP contribution in [0.15, 0.2) is 18.2 Å². The van der Waals surface area contributed by atoms with Crippen molar-refractivity contribution in [1.82, 2.24) is 5.32 Å². The van der Waals surface area contributed by atoms with E-state index in [9.17, 15) is 4.39 Å². The van der Waals surface area contributed by atoms with Crippen LogP contribution in [-0.4, -0.2) is 13.1 Å². The van der Waals surface area contributed by atoms with Crippen molar-refractivity contribution >= 4 is 0 Å². The predicted octanol–water partition coefficient (Wildman–Crippen LogP) is 2.92. The van der Waals surface area contributed by atoms with Gasteiger partial charge in [0.1, 0.15) is 5.82 Å². The van der Waals surface area contributed by atoms with Gasteiger partial charge >= 0.3 is 0 Å². The van der Waals surface area contributed by atoms with Crippen LogP contribution < -0.4 is 5.32 Å². The largest absolute Gasteiger partial charge is 0.316 e. The van der Waals surface area contributed by atoms with Gasteiger partial charge in [-0.05, 0) is 44.0 Å². The minimum absolute atomic E-state index is 0.0908. The monoisotopic (exact) mass is 209 g/mol. The summed E-state index contributed by atoms with van der Waals surface area (Å²) < 4.78 is 13.3. The van der Waals surface area contributed by atoms with Crippen molar-refractivity contribution in [2.75, 3.05) is 13.1 Å². The average Bonchev–Trinajstić information content (AvgIpc) is 2.17. The van der Waals surface area contributed by atoms with Crippen LogP contribution in [0.2, 0.25) is 0 Å². The van der Waals surface area contributed by atoms with Crippen LogP contribution >= 0.6 is 0 Å². The van der Waals surface area contributed by atoms with Gasteiger partial charge in [0, 0.05) is 0 Å². The van der Waals surface area contributed by atoms with Gasteiger partial charge in [-0.3, -0.25) is 0 Å². The number of hydrogen-bond acceptors (Lipinski definition) is 1. The molecule has 0 saturated carbocycles. The summed E-state index contributed by atoms with van der Waals surface area (Å²) in [5.41, 5.74) is 1.93. The molecule has 0 unspecified atom stereocenters. The van der Waals surface area contributed by atoms with Crippen molar-refractivity contribution in [2.24, 2.45) is 5.92 Å².